The van der Waals surface area contributed by atoms with Gasteiger partial charge in [0.1, 0.15) is 5.82 Å². The third kappa shape index (κ3) is 3.69. The van der Waals surface area contributed by atoms with Crippen LogP contribution in [0.2, 0.25) is 0 Å². The molecule has 6 nitrogen and oxygen atoms in total. The van der Waals surface area contributed by atoms with E-state index in [0.717, 1.165) is 12.8 Å². The molecule has 1 aliphatic rings. The molecule has 1 aromatic heterocycles. The lowest BCUT2D eigenvalue weighted by atomic mass is 10.2. The highest BCUT2D eigenvalue weighted by Crippen LogP contribution is 2.26. The van der Waals surface area contributed by atoms with Gasteiger partial charge in [0.05, 0.1) is 5.25 Å². The summed E-state index contributed by atoms with van der Waals surface area (Å²) in [5.41, 5.74) is 0.542. The molecule has 0 saturated heterocycles. The Labute approximate surface area is 144 Å². The number of hydrogen-bond donors (Lipinski definition) is 2. The number of thioether (sulfide) groups is 1. The number of nitrogen functional groups attached to an aromatic ring is 1. The summed E-state index contributed by atoms with van der Waals surface area (Å²) in [6.07, 6.45) is 4.42. The van der Waals surface area contributed by atoms with E-state index in [1.54, 1.807) is 12.1 Å². The maximum atomic E-state index is 13.3. The van der Waals surface area contributed by atoms with Gasteiger partial charge in [0, 0.05) is 11.6 Å². The standard InChI is InChI=1S/C16H20FN5OS/c1-10(15(23)19-13-7-2-3-8-13)24-16-21-20-14(22(16)18)11-5-4-6-12(17)9-11/h4-6,9-10,13H,2-3,7-8,18H2,1H3,(H,19,23)/t10-/m0/s1. The molecule has 1 aromatic carbocycles. The summed E-state index contributed by atoms with van der Waals surface area (Å²) < 4.78 is 14.6. The Hall–Kier alpha value is -2.09. The fourth-order valence-electron chi connectivity index (χ4n) is 2.78. The summed E-state index contributed by atoms with van der Waals surface area (Å²) in [4.78, 5) is 12.3. The molecule has 1 fully saturated rings. The SMILES string of the molecule is C[C@H](Sc1nnc(-c2cccc(F)c2)n1N)C(=O)NC1CCCC1. The fraction of sp³-hybridized carbons (Fsp3) is 0.438. The molecule has 128 valence electrons. The van der Waals surface area contributed by atoms with Crippen LogP contribution in [-0.4, -0.2) is 32.1 Å². The first kappa shape index (κ1) is 16.8. The molecule has 1 aliphatic carbocycles. The summed E-state index contributed by atoms with van der Waals surface area (Å²) in [7, 11) is 0. The van der Waals surface area contributed by atoms with E-state index in [4.69, 9.17) is 5.84 Å². The zero-order valence-electron chi connectivity index (χ0n) is 13.4. The highest BCUT2D eigenvalue weighted by molar-refractivity contribution is 8.00. The van der Waals surface area contributed by atoms with E-state index in [1.807, 2.05) is 6.92 Å². The smallest absolute Gasteiger partial charge is 0.233 e. The van der Waals surface area contributed by atoms with Crippen LogP contribution in [0.25, 0.3) is 11.4 Å². The Morgan fingerprint density at radius 3 is 2.88 bits per heavy atom. The number of rotatable bonds is 5. The van der Waals surface area contributed by atoms with E-state index >= 15 is 0 Å². The average molecular weight is 349 g/mol. The van der Waals surface area contributed by atoms with E-state index in [-0.39, 0.29) is 23.0 Å². The Bertz CT molecular complexity index is 729. The first-order valence-corrected chi connectivity index (χ1v) is 8.86. The van der Waals surface area contributed by atoms with E-state index in [0.29, 0.717) is 16.5 Å². The number of nitrogens with one attached hydrogen (secondary N) is 1. The zero-order chi connectivity index (χ0) is 17.1. The molecule has 0 unspecified atom stereocenters. The zero-order valence-corrected chi connectivity index (χ0v) is 14.2. The largest absolute Gasteiger partial charge is 0.352 e. The quantitative estimate of drug-likeness (QED) is 0.639. The van der Waals surface area contributed by atoms with Crippen LogP contribution >= 0.6 is 11.8 Å². The molecule has 0 spiro atoms. The molecule has 0 aliphatic heterocycles. The number of carbonyl (C=O) groups is 1. The Morgan fingerprint density at radius 2 is 2.17 bits per heavy atom. The third-order valence-electron chi connectivity index (χ3n) is 4.10. The summed E-state index contributed by atoms with van der Waals surface area (Å²) in [5.74, 6) is 5.98. The van der Waals surface area contributed by atoms with Crippen molar-refractivity contribution in [3.8, 4) is 11.4 Å². The number of amides is 1. The van der Waals surface area contributed by atoms with Crippen LogP contribution in [-0.2, 0) is 4.79 Å². The van der Waals surface area contributed by atoms with Gasteiger partial charge in [-0.1, -0.05) is 36.7 Å². The summed E-state index contributed by atoms with van der Waals surface area (Å²) in [6.45, 7) is 1.81. The molecule has 0 bridgehead atoms. The maximum absolute atomic E-state index is 13.3. The van der Waals surface area contributed by atoms with Crippen molar-refractivity contribution in [3.63, 3.8) is 0 Å². The second-order valence-electron chi connectivity index (χ2n) is 5.94. The van der Waals surface area contributed by atoms with E-state index < -0.39 is 0 Å². The molecular weight excluding hydrogens is 329 g/mol. The molecule has 8 heteroatoms. The van der Waals surface area contributed by atoms with Gasteiger partial charge < -0.3 is 11.2 Å². The number of nitrogens with zero attached hydrogens (tertiary/aromatic N) is 3. The Kier molecular flexibility index (Phi) is 5.03. The minimum absolute atomic E-state index is 0.0257. The van der Waals surface area contributed by atoms with Crippen molar-refractivity contribution in [1.29, 1.82) is 0 Å². The molecule has 24 heavy (non-hydrogen) atoms. The number of carbonyl (C=O) groups excluding carboxylic acids is 1. The third-order valence-corrected chi connectivity index (χ3v) is 5.16. The van der Waals surface area contributed by atoms with Crippen molar-refractivity contribution in [3.05, 3.63) is 30.1 Å². The number of benzene rings is 1. The van der Waals surface area contributed by atoms with Gasteiger partial charge in [-0.05, 0) is 31.9 Å². The second kappa shape index (κ2) is 7.21. The van der Waals surface area contributed by atoms with E-state index in [2.05, 4.69) is 15.5 Å². The second-order valence-corrected chi connectivity index (χ2v) is 7.24. The van der Waals surface area contributed by atoms with E-state index in [9.17, 15) is 9.18 Å². The predicted octanol–water partition coefficient (Wildman–Crippen LogP) is 2.34. The van der Waals surface area contributed by atoms with Gasteiger partial charge in [0.2, 0.25) is 11.1 Å². The normalized spacial score (nSPS) is 16.2. The number of hydrogen-bond acceptors (Lipinski definition) is 5. The molecule has 1 amide bonds. The Balaban J connectivity index is 1.68. The van der Waals surface area contributed by atoms with Crippen molar-refractivity contribution in [1.82, 2.24) is 20.2 Å². The van der Waals surface area contributed by atoms with Gasteiger partial charge in [-0.2, -0.15) is 0 Å². The molecular formula is C16H20FN5OS. The summed E-state index contributed by atoms with van der Waals surface area (Å²) in [6, 6.07) is 6.27. The molecule has 1 heterocycles. The highest BCUT2D eigenvalue weighted by atomic mass is 32.2. The van der Waals surface area contributed by atoms with Crippen LogP contribution in [0.1, 0.15) is 32.6 Å². The minimum Gasteiger partial charge on any atom is -0.352 e. The predicted molar refractivity (Wildman–Crippen MR) is 91.3 cm³/mol. The maximum Gasteiger partial charge on any atom is 0.233 e. The van der Waals surface area contributed by atoms with Crippen LogP contribution < -0.4 is 11.2 Å². The lowest BCUT2D eigenvalue weighted by Gasteiger charge is -2.15. The number of halogens is 1. The van der Waals surface area contributed by atoms with Gasteiger partial charge in [0.15, 0.2) is 5.82 Å². The van der Waals surface area contributed by atoms with Crippen LogP contribution in [0.3, 0.4) is 0 Å². The summed E-state index contributed by atoms with van der Waals surface area (Å²) >= 11 is 1.24. The van der Waals surface area contributed by atoms with Crippen LogP contribution in [0.15, 0.2) is 29.4 Å². The number of nitrogens with two attached hydrogens (primary N) is 1. The fourth-order valence-corrected chi connectivity index (χ4v) is 3.56. The molecule has 2 aromatic rings. The lowest BCUT2D eigenvalue weighted by molar-refractivity contribution is -0.120. The molecule has 3 rings (SSSR count). The monoisotopic (exact) mass is 349 g/mol. The van der Waals surface area contributed by atoms with Crippen molar-refractivity contribution in [2.75, 3.05) is 5.84 Å². The van der Waals surface area contributed by atoms with Crippen LogP contribution in [0.5, 0.6) is 0 Å². The van der Waals surface area contributed by atoms with Gasteiger partial charge in [-0.15, -0.1) is 10.2 Å². The summed E-state index contributed by atoms with van der Waals surface area (Å²) in [5, 5.41) is 11.2. The molecule has 0 radical (unpaired) electrons. The number of aromatic nitrogens is 3. The van der Waals surface area contributed by atoms with Crippen LogP contribution in [0.4, 0.5) is 4.39 Å². The lowest BCUT2D eigenvalue weighted by Crippen LogP contribution is -2.37. The van der Waals surface area contributed by atoms with Crippen molar-refractivity contribution in [2.45, 2.75) is 49.1 Å². The van der Waals surface area contributed by atoms with E-state index in [1.165, 1.54) is 41.4 Å². The first-order chi connectivity index (χ1) is 11.5. The minimum atomic E-state index is -0.367. The Morgan fingerprint density at radius 1 is 1.42 bits per heavy atom. The van der Waals surface area contributed by atoms with Gasteiger partial charge >= 0.3 is 0 Å². The molecule has 1 saturated carbocycles. The van der Waals surface area contributed by atoms with Gasteiger partial charge in [-0.3, -0.25) is 4.79 Å². The van der Waals surface area contributed by atoms with Gasteiger partial charge in [-0.25, -0.2) is 9.07 Å². The molecule has 1 atom stereocenters. The van der Waals surface area contributed by atoms with Crippen molar-refractivity contribution < 1.29 is 9.18 Å². The topological polar surface area (TPSA) is 85.8 Å². The van der Waals surface area contributed by atoms with Gasteiger partial charge in [0.25, 0.3) is 0 Å². The average Bonchev–Trinajstić information content (AvgIpc) is 3.18. The first-order valence-electron chi connectivity index (χ1n) is 7.98. The van der Waals surface area contributed by atoms with Crippen molar-refractivity contribution >= 4 is 17.7 Å². The van der Waals surface area contributed by atoms with Crippen molar-refractivity contribution in [2.24, 2.45) is 0 Å². The molecule has 3 N–H and O–H groups in total. The highest BCUT2D eigenvalue weighted by Gasteiger charge is 2.23. The van der Waals surface area contributed by atoms with Crippen LogP contribution in [0, 0.1) is 5.82 Å².